The van der Waals surface area contributed by atoms with Gasteiger partial charge in [0.05, 0.1) is 6.61 Å². The van der Waals surface area contributed by atoms with Gasteiger partial charge in [0.25, 0.3) is 0 Å². The summed E-state index contributed by atoms with van der Waals surface area (Å²) >= 11 is 0. The van der Waals surface area contributed by atoms with Gasteiger partial charge < -0.3 is 15.6 Å². The van der Waals surface area contributed by atoms with Gasteiger partial charge >= 0.3 is 0 Å². The van der Waals surface area contributed by atoms with Gasteiger partial charge in [-0.25, -0.2) is 13.1 Å². The van der Waals surface area contributed by atoms with Crippen molar-refractivity contribution in [3.8, 4) is 11.5 Å². The van der Waals surface area contributed by atoms with Crippen LogP contribution in [-0.4, -0.2) is 20.6 Å². The number of rotatable bonds is 5. The molecule has 0 bridgehead atoms. The second kappa shape index (κ2) is 6.13. The van der Waals surface area contributed by atoms with Crippen molar-refractivity contribution in [2.24, 2.45) is 0 Å². The Morgan fingerprint density at radius 3 is 2.67 bits per heavy atom. The Bertz CT molecular complexity index is 744. The lowest BCUT2D eigenvalue weighted by atomic mass is 10.2. The molecule has 0 aliphatic rings. The largest absolute Gasteiger partial charge is 0.456 e. The first-order chi connectivity index (χ1) is 9.96. The minimum atomic E-state index is -3.69. The first-order valence-electron chi connectivity index (χ1n) is 6.17. The zero-order valence-corrected chi connectivity index (χ0v) is 12.2. The molecule has 0 aliphatic carbocycles. The molecule has 0 spiro atoms. The van der Waals surface area contributed by atoms with E-state index >= 15 is 0 Å². The number of aliphatic hydroxyl groups excluding tert-OH is 1. The highest BCUT2D eigenvalue weighted by atomic mass is 32.2. The van der Waals surface area contributed by atoms with Gasteiger partial charge in [0.15, 0.2) is 0 Å². The fourth-order valence-electron chi connectivity index (χ4n) is 1.76. The molecule has 0 saturated heterocycles. The van der Waals surface area contributed by atoms with Gasteiger partial charge in [-0.05, 0) is 42.9 Å². The average Bonchev–Trinajstić information content (AvgIpc) is 2.49. The van der Waals surface area contributed by atoms with E-state index in [1.807, 2.05) is 0 Å². The average molecular weight is 308 g/mol. The molecule has 2 aromatic rings. The molecule has 0 unspecified atom stereocenters. The maximum absolute atomic E-state index is 12.0. The van der Waals surface area contributed by atoms with Crippen LogP contribution in [0.15, 0.2) is 47.4 Å². The van der Waals surface area contributed by atoms with Gasteiger partial charge in [0.1, 0.15) is 16.4 Å². The molecule has 0 amide bonds. The van der Waals surface area contributed by atoms with E-state index in [9.17, 15) is 8.42 Å². The monoisotopic (exact) mass is 308 g/mol. The topological polar surface area (TPSA) is 102 Å². The number of sulfonamides is 1. The van der Waals surface area contributed by atoms with Crippen molar-refractivity contribution in [1.82, 2.24) is 4.72 Å². The van der Waals surface area contributed by atoms with Crippen LogP contribution in [-0.2, 0) is 16.6 Å². The summed E-state index contributed by atoms with van der Waals surface area (Å²) in [5, 5.41) is 9.11. The third-order valence-electron chi connectivity index (χ3n) is 2.83. The van der Waals surface area contributed by atoms with Crippen LogP contribution in [0.2, 0.25) is 0 Å². The molecule has 0 radical (unpaired) electrons. The van der Waals surface area contributed by atoms with Crippen LogP contribution in [0.3, 0.4) is 0 Å². The molecule has 2 rings (SSSR count). The van der Waals surface area contributed by atoms with E-state index in [1.165, 1.54) is 19.2 Å². The zero-order valence-electron chi connectivity index (χ0n) is 11.4. The number of nitrogens with one attached hydrogen (secondary N) is 1. The number of anilines is 1. The molecule has 0 saturated carbocycles. The molecular weight excluding hydrogens is 292 g/mol. The van der Waals surface area contributed by atoms with Gasteiger partial charge in [-0.2, -0.15) is 0 Å². The normalized spacial score (nSPS) is 11.3. The maximum Gasteiger partial charge on any atom is 0.244 e. The first kappa shape index (κ1) is 15.3. The Morgan fingerprint density at radius 2 is 2.00 bits per heavy atom. The molecule has 4 N–H and O–H groups in total. The molecular formula is C14H16N2O4S. The summed E-state index contributed by atoms with van der Waals surface area (Å²) in [7, 11) is -2.38. The fourth-order valence-corrected chi connectivity index (χ4v) is 2.65. The molecule has 0 aliphatic heterocycles. The molecule has 0 atom stereocenters. The van der Waals surface area contributed by atoms with Crippen LogP contribution in [0.1, 0.15) is 5.56 Å². The molecule has 7 heteroatoms. The van der Waals surface area contributed by atoms with E-state index in [0.717, 1.165) is 0 Å². The van der Waals surface area contributed by atoms with Crippen molar-refractivity contribution >= 4 is 15.7 Å². The standard InChI is InChI=1S/C14H16N2O4S/c1-16-21(18,19)14-8-11(15)5-6-13(14)20-12-4-2-3-10(7-12)9-17/h2-8,16-17H,9,15H2,1H3. The quantitative estimate of drug-likeness (QED) is 0.726. The Kier molecular flexibility index (Phi) is 4.46. The van der Waals surface area contributed by atoms with Crippen molar-refractivity contribution < 1.29 is 18.3 Å². The number of hydrogen-bond acceptors (Lipinski definition) is 5. The Balaban J connectivity index is 2.44. The van der Waals surface area contributed by atoms with Crippen LogP contribution in [0, 0.1) is 0 Å². The summed E-state index contributed by atoms with van der Waals surface area (Å²) in [6.07, 6.45) is 0. The van der Waals surface area contributed by atoms with E-state index in [1.54, 1.807) is 30.3 Å². The van der Waals surface area contributed by atoms with Gasteiger partial charge in [-0.15, -0.1) is 0 Å². The van der Waals surface area contributed by atoms with Crippen molar-refractivity contribution in [1.29, 1.82) is 0 Å². The summed E-state index contributed by atoms with van der Waals surface area (Å²) in [6, 6.07) is 11.1. The zero-order chi connectivity index (χ0) is 15.5. The lowest BCUT2D eigenvalue weighted by Gasteiger charge is -2.12. The van der Waals surface area contributed by atoms with Crippen LogP contribution in [0.25, 0.3) is 0 Å². The number of benzene rings is 2. The molecule has 2 aromatic carbocycles. The van der Waals surface area contributed by atoms with E-state index in [0.29, 0.717) is 17.0 Å². The van der Waals surface area contributed by atoms with Crippen molar-refractivity contribution in [3.63, 3.8) is 0 Å². The van der Waals surface area contributed by atoms with Crippen LogP contribution < -0.4 is 15.2 Å². The molecule has 112 valence electrons. The van der Waals surface area contributed by atoms with Gasteiger partial charge in [-0.1, -0.05) is 12.1 Å². The Morgan fingerprint density at radius 1 is 1.24 bits per heavy atom. The highest BCUT2D eigenvalue weighted by Gasteiger charge is 2.18. The number of hydrogen-bond donors (Lipinski definition) is 3. The Hall–Kier alpha value is -2.09. The van der Waals surface area contributed by atoms with E-state index in [2.05, 4.69) is 4.72 Å². The molecule has 0 fully saturated rings. The molecule has 0 aromatic heterocycles. The summed E-state index contributed by atoms with van der Waals surface area (Å²) in [4.78, 5) is -0.0422. The summed E-state index contributed by atoms with van der Waals surface area (Å²) < 4.78 is 31.8. The third-order valence-corrected chi connectivity index (χ3v) is 4.27. The maximum atomic E-state index is 12.0. The lowest BCUT2D eigenvalue weighted by Crippen LogP contribution is -2.19. The number of nitrogen functional groups attached to an aromatic ring is 1. The second-order valence-electron chi connectivity index (χ2n) is 4.32. The van der Waals surface area contributed by atoms with Crippen LogP contribution >= 0.6 is 0 Å². The molecule has 6 nitrogen and oxygen atoms in total. The highest BCUT2D eigenvalue weighted by molar-refractivity contribution is 7.89. The SMILES string of the molecule is CNS(=O)(=O)c1cc(N)ccc1Oc1cccc(CO)c1. The van der Waals surface area contributed by atoms with E-state index in [-0.39, 0.29) is 17.3 Å². The van der Waals surface area contributed by atoms with Crippen LogP contribution in [0.5, 0.6) is 11.5 Å². The summed E-state index contributed by atoms with van der Waals surface area (Å²) in [5.74, 6) is 0.590. The minimum absolute atomic E-state index is 0.0422. The number of aliphatic hydroxyl groups is 1. The first-order valence-corrected chi connectivity index (χ1v) is 7.65. The highest BCUT2D eigenvalue weighted by Crippen LogP contribution is 2.30. The predicted octanol–water partition coefficient (Wildman–Crippen LogP) is 1.46. The van der Waals surface area contributed by atoms with Crippen molar-refractivity contribution in [2.75, 3.05) is 12.8 Å². The second-order valence-corrected chi connectivity index (χ2v) is 6.18. The minimum Gasteiger partial charge on any atom is -0.456 e. The van der Waals surface area contributed by atoms with Crippen molar-refractivity contribution in [2.45, 2.75) is 11.5 Å². The van der Waals surface area contributed by atoms with Crippen LogP contribution in [0.4, 0.5) is 5.69 Å². The summed E-state index contributed by atoms with van der Waals surface area (Å²) in [6.45, 7) is -0.124. The third kappa shape index (κ3) is 3.52. The number of ether oxygens (including phenoxy) is 1. The van der Waals surface area contributed by atoms with Gasteiger partial charge in [0, 0.05) is 5.69 Å². The predicted molar refractivity (Wildman–Crippen MR) is 79.5 cm³/mol. The van der Waals surface area contributed by atoms with Crippen molar-refractivity contribution in [3.05, 3.63) is 48.0 Å². The van der Waals surface area contributed by atoms with Gasteiger partial charge in [-0.3, -0.25) is 0 Å². The molecule has 0 heterocycles. The Labute approximate surface area is 123 Å². The fraction of sp³-hybridized carbons (Fsp3) is 0.143. The van der Waals surface area contributed by atoms with E-state index < -0.39 is 10.0 Å². The molecule has 21 heavy (non-hydrogen) atoms. The van der Waals surface area contributed by atoms with E-state index in [4.69, 9.17) is 15.6 Å². The summed E-state index contributed by atoms with van der Waals surface area (Å²) in [5.41, 5.74) is 6.62. The van der Waals surface area contributed by atoms with Gasteiger partial charge in [0.2, 0.25) is 10.0 Å². The number of nitrogens with two attached hydrogens (primary N) is 1. The smallest absolute Gasteiger partial charge is 0.244 e. The lowest BCUT2D eigenvalue weighted by molar-refractivity contribution is 0.281.